The van der Waals surface area contributed by atoms with E-state index < -0.39 is 5.97 Å². The van der Waals surface area contributed by atoms with Crippen molar-refractivity contribution in [3.8, 4) is 0 Å². The van der Waals surface area contributed by atoms with Gasteiger partial charge in [-0.05, 0) is 29.8 Å². The number of carboxylic acids is 1. The number of carboxylic acid groups (broad SMARTS) is 1. The van der Waals surface area contributed by atoms with Gasteiger partial charge in [0, 0.05) is 19.2 Å². The van der Waals surface area contributed by atoms with Crippen LogP contribution in [0.2, 0.25) is 0 Å². The molecular weight excluding hydrogens is 326 g/mol. The summed E-state index contributed by atoms with van der Waals surface area (Å²) >= 11 is 3.53. The highest BCUT2D eigenvalue weighted by Crippen LogP contribution is 2.21. The summed E-state index contributed by atoms with van der Waals surface area (Å²) in [5.74, 6) is -0.832. The molecule has 0 aliphatic rings. The largest absolute Gasteiger partial charge is 0.481 e. The Balaban J connectivity index is 2.12. The molecule has 108 valence electrons. The summed E-state index contributed by atoms with van der Waals surface area (Å²) in [4.78, 5) is 10.5. The van der Waals surface area contributed by atoms with Gasteiger partial charge in [-0.25, -0.2) is 4.68 Å². The van der Waals surface area contributed by atoms with Crippen molar-refractivity contribution in [1.82, 2.24) is 24.8 Å². The normalized spacial score (nSPS) is 10.9. The Labute approximate surface area is 124 Å². The lowest BCUT2D eigenvalue weighted by molar-refractivity contribution is -0.136. The lowest BCUT2D eigenvalue weighted by Crippen LogP contribution is -2.09. The highest BCUT2D eigenvalue weighted by molar-refractivity contribution is 9.10. The van der Waals surface area contributed by atoms with Crippen LogP contribution in [0, 0.1) is 6.92 Å². The van der Waals surface area contributed by atoms with Crippen molar-refractivity contribution in [1.29, 1.82) is 0 Å². The first-order chi connectivity index (χ1) is 9.51. The van der Waals surface area contributed by atoms with Crippen LogP contribution in [0.3, 0.4) is 0 Å². The van der Waals surface area contributed by atoms with Gasteiger partial charge in [0.2, 0.25) is 0 Å². The van der Waals surface area contributed by atoms with E-state index in [-0.39, 0.29) is 6.42 Å². The van der Waals surface area contributed by atoms with E-state index in [9.17, 15) is 4.79 Å². The Bertz CT molecular complexity index is 619. The standard InChI is InChI=1S/C12H16BrN5O2/c1-3-18-10(12(13)8(2)15-18)7-17-6-9(14-16-17)4-5-11(19)20/h6H,3-5,7H2,1-2H3,(H,19,20). The van der Waals surface area contributed by atoms with Gasteiger partial charge in [-0.2, -0.15) is 5.10 Å². The topological polar surface area (TPSA) is 85.8 Å². The van der Waals surface area contributed by atoms with Gasteiger partial charge in [-0.15, -0.1) is 5.10 Å². The predicted molar refractivity (Wildman–Crippen MR) is 75.4 cm³/mol. The van der Waals surface area contributed by atoms with Crippen molar-refractivity contribution in [3.63, 3.8) is 0 Å². The van der Waals surface area contributed by atoms with Gasteiger partial charge in [-0.3, -0.25) is 9.48 Å². The van der Waals surface area contributed by atoms with Gasteiger partial charge >= 0.3 is 5.97 Å². The molecule has 1 N–H and O–H groups in total. The van der Waals surface area contributed by atoms with Crippen LogP contribution in [0.4, 0.5) is 0 Å². The lowest BCUT2D eigenvalue weighted by atomic mass is 10.2. The summed E-state index contributed by atoms with van der Waals surface area (Å²) in [6.45, 7) is 5.30. The van der Waals surface area contributed by atoms with Gasteiger partial charge in [0.15, 0.2) is 0 Å². The second-order valence-electron chi connectivity index (χ2n) is 4.46. The minimum atomic E-state index is -0.832. The zero-order valence-electron chi connectivity index (χ0n) is 11.4. The fourth-order valence-electron chi connectivity index (χ4n) is 1.94. The molecule has 2 aromatic rings. The number of aromatic nitrogens is 5. The van der Waals surface area contributed by atoms with Crippen molar-refractivity contribution in [2.24, 2.45) is 0 Å². The van der Waals surface area contributed by atoms with Crippen molar-refractivity contribution in [2.45, 2.75) is 39.8 Å². The van der Waals surface area contributed by atoms with E-state index in [4.69, 9.17) is 5.11 Å². The van der Waals surface area contributed by atoms with Crippen molar-refractivity contribution >= 4 is 21.9 Å². The van der Waals surface area contributed by atoms with Crippen LogP contribution < -0.4 is 0 Å². The molecule has 0 saturated carbocycles. The second kappa shape index (κ2) is 6.17. The molecule has 0 amide bonds. The number of halogens is 1. The van der Waals surface area contributed by atoms with Crippen molar-refractivity contribution < 1.29 is 9.90 Å². The molecule has 0 saturated heterocycles. The summed E-state index contributed by atoms with van der Waals surface area (Å²) in [5, 5.41) is 21.1. The highest BCUT2D eigenvalue weighted by Gasteiger charge is 2.13. The maximum absolute atomic E-state index is 10.5. The minimum Gasteiger partial charge on any atom is -0.481 e. The maximum atomic E-state index is 10.5. The number of aliphatic carboxylic acids is 1. The SMILES string of the molecule is CCn1nc(C)c(Br)c1Cn1cc(CCC(=O)O)nn1. The third kappa shape index (κ3) is 3.24. The molecule has 0 aromatic carbocycles. The average molecular weight is 342 g/mol. The molecule has 0 radical (unpaired) electrons. The van der Waals surface area contributed by atoms with E-state index in [0.717, 1.165) is 22.4 Å². The molecule has 7 nitrogen and oxygen atoms in total. The van der Waals surface area contributed by atoms with Crippen LogP contribution in [0.15, 0.2) is 10.7 Å². The van der Waals surface area contributed by atoms with Gasteiger partial charge < -0.3 is 5.11 Å². The van der Waals surface area contributed by atoms with Crippen LogP contribution >= 0.6 is 15.9 Å². The molecule has 0 atom stereocenters. The Hall–Kier alpha value is -1.70. The number of hydrogen-bond acceptors (Lipinski definition) is 4. The van der Waals surface area contributed by atoms with E-state index in [0.29, 0.717) is 18.7 Å². The van der Waals surface area contributed by atoms with Crippen LogP contribution in [0.1, 0.15) is 30.4 Å². The molecule has 2 aromatic heterocycles. The fourth-order valence-corrected chi connectivity index (χ4v) is 2.35. The Morgan fingerprint density at radius 2 is 2.25 bits per heavy atom. The highest BCUT2D eigenvalue weighted by atomic mass is 79.9. The van der Waals surface area contributed by atoms with Crippen LogP contribution in [-0.2, 0) is 24.3 Å². The van der Waals surface area contributed by atoms with E-state index in [1.807, 2.05) is 18.5 Å². The monoisotopic (exact) mass is 341 g/mol. The molecule has 2 rings (SSSR count). The number of hydrogen-bond donors (Lipinski definition) is 1. The third-order valence-electron chi connectivity index (χ3n) is 2.95. The summed E-state index contributed by atoms with van der Waals surface area (Å²) < 4.78 is 4.59. The Morgan fingerprint density at radius 3 is 2.90 bits per heavy atom. The molecule has 0 spiro atoms. The quantitative estimate of drug-likeness (QED) is 0.862. The smallest absolute Gasteiger partial charge is 0.303 e. The Morgan fingerprint density at radius 1 is 1.50 bits per heavy atom. The first-order valence-electron chi connectivity index (χ1n) is 6.33. The maximum Gasteiger partial charge on any atom is 0.303 e. The first-order valence-corrected chi connectivity index (χ1v) is 7.13. The lowest BCUT2D eigenvalue weighted by Gasteiger charge is -2.04. The van der Waals surface area contributed by atoms with E-state index >= 15 is 0 Å². The molecule has 0 fully saturated rings. The van der Waals surface area contributed by atoms with E-state index in [2.05, 4.69) is 31.3 Å². The molecule has 0 unspecified atom stereocenters. The van der Waals surface area contributed by atoms with Crippen molar-refractivity contribution in [2.75, 3.05) is 0 Å². The summed E-state index contributed by atoms with van der Waals surface area (Å²) in [6.07, 6.45) is 2.23. The Kier molecular flexibility index (Phi) is 4.53. The first kappa shape index (κ1) is 14.7. The minimum absolute atomic E-state index is 0.0639. The third-order valence-corrected chi connectivity index (χ3v) is 3.98. The van der Waals surface area contributed by atoms with Gasteiger partial charge in [-0.1, -0.05) is 5.21 Å². The zero-order valence-corrected chi connectivity index (χ0v) is 13.0. The molecule has 20 heavy (non-hydrogen) atoms. The van der Waals surface area contributed by atoms with Gasteiger partial charge in [0.25, 0.3) is 0 Å². The number of rotatable bonds is 6. The zero-order chi connectivity index (χ0) is 14.7. The predicted octanol–water partition coefficient (Wildman–Crippen LogP) is 1.63. The number of aryl methyl sites for hydroxylation is 3. The molecule has 2 heterocycles. The molecular formula is C12H16BrN5O2. The van der Waals surface area contributed by atoms with Crippen molar-refractivity contribution in [3.05, 3.63) is 27.8 Å². The number of nitrogens with zero attached hydrogens (tertiary/aromatic N) is 5. The van der Waals surface area contributed by atoms with E-state index in [1.54, 1.807) is 10.9 Å². The number of carbonyl (C=O) groups is 1. The van der Waals surface area contributed by atoms with E-state index in [1.165, 1.54) is 0 Å². The second-order valence-corrected chi connectivity index (χ2v) is 5.26. The molecule has 0 bridgehead atoms. The molecule has 8 heteroatoms. The fraction of sp³-hybridized carbons (Fsp3) is 0.500. The average Bonchev–Trinajstić information content (AvgIpc) is 2.96. The summed E-state index contributed by atoms with van der Waals surface area (Å²) in [5.41, 5.74) is 2.65. The van der Waals surface area contributed by atoms with Crippen LogP contribution in [0.5, 0.6) is 0 Å². The summed E-state index contributed by atoms with van der Waals surface area (Å²) in [6, 6.07) is 0. The molecule has 0 aliphatic carbocycles. The van der Waals surface area contributed by atoms with Gasteiger partial charge in [0.1, 0.15) is 0 Å². The van der Waals surface area contributed by atoms with Gasteiger partial charge in [0.05, 0.1) is 34.5 Å². The van der Waals surface area contributed by atoms with Crippen LogP contribution in [-0.4, -0.2) is 35.9 Å². The molecule has 0 aliphatic heterocycles. The van der Waals surface area contributed by atoms with Crippen LogP contribution in [0.25, 0.3) is 0 Å². The summed E-state index contributed by atoms with van der Waals surface area (Å²) in [7, 11) is 0.